The molecule has 2 aromatic rings. The van der Waals surface area contributed by atoms with Gasteiger partial charge in [-0.2, -0.15) is 17.6 Å². The molecule has 0 fully saturated rings. The van der Waals surface area contributed by atoms with E-state index in [1.807, 2.05) is 12.1 Å². The molecule has 0 saturated carbocycles. The van der Waals surface area contributed by atoms with E-state index in [2.05, 4.69) is 22.9 Å². The first kappa shape index (κ1) is 13.7. The van der Waals surface area contributed by atoms with Crippen LogP contribution in [0.1, 0.15) is 0 Å². The van der Waals surface area contributed by atoms with Gasteiger partial charge in [-0.05, 0) is 12.1 Å². The maximum Gasteiger partial charge on any atom is 0.327 e. The number of halogens is 1. The molecule has 0 spiro atoms. The number of benzene rings is 1. The van der Waals surface area contributed by atoms with Crippen LogP contribution in [0.25, 0.3) is 11.1 Å². The van der Waals surface area contributed by atoms with E-state index in [1.165, 1.54) is 0 Å². The van der Waals surface area contributed by atoms with E-state index in [0.717, 1.165) is 0 Å². The summed E-state index contributed by atoms with van der Waals surface area (Å²) in [5.41, 5.74) is 1.31. The number of hydrogen-bond donors (Lipinski definition) is 3. The zero-order valence-corrected chi connectivity index (χ0v) is 10.4. The van der Waals surface area contributed by atoms with Crippen LogP contribution in [-0.2, 0) is 4.79 Å². The fourth-order valence-electron chi connectivity index (χ4n) is 1.27. The molecule has 92 valence electrons. The highest BCUT2D eigenvalue weighted by molar-refractivity contribution is 7.80. The number of thiol groups is 1. The van der Waals surface area contributed by atoms with Crippen LogP contribution < -0.4 is 5.32 Å². The van der Waals surface area contributed by atoms with E-state index in [1.54, 1.807) is 12.1 Å². The molecule has 0 aliphatic carbocycles. The van der Waals surface area contributed by atoms with Gasteiger partial charge in [-0.25, -0.2) is 4.79 Å². The number of carbonyl (C=O) groups is 1. The summed E-state index contributed by atoms with van der Waals surface area (Å²) < 4.78 is 5.33. The topological polar surface area (TPSA) is 75.4 Å². The van der Waals surface area contributed by atoms with Crippen LogP contribution in [0.4, 0.5) is 6.01 Å². The molecule has 1 unspecified atom stereocenters. The van der Waals surface area contributed by atoms with Crippen LogP contribution in [-0.4, -0.2) is 27.9 Å². The number of carboxylic acids is 1. The fraction of sp³-hybridized carbons (Fsp3) is 0.200. The van der Waals surface area contributed by atoms with Crippen molar-refractivity contribution < 1.29 is 14.3 Å². The molecule has 5 nitrogen and oxygen atoms in total. The van der Waals surface area contributed by atoms with Gasteiger partial charge in [0.05, 0.1) is 0 Å². The van der Waals surface area contributed by atoms with Crippen LogP contribution in [0, 0.1) is 0 Å². The molecule has 0 saturated heterocycles. The van der Waals surface area contributed by atoms with Crippen LogP contribution >= 0.6 is 25.0 Å². The van der Waals surface area contributed by atoms with E-state index in [9.17, 15) is 4.79 Å². The predicted octanol–water partition coefficient (Wildman–Crippen LogP) is 2.04. The fourth-order valence-corrected chi connectivity index (χ4v) is 1.52. The number of nitrogens with zero attached hydrogens (tertiary/aromatic N) is 1. The van der Waals surface area contributed by atoms with E-state index in [0.29, 0.717) is 11.1 Å². The second-order valence-electron chi connectivity index (χ2n) is 3.20. The first-order valence-corrected chi connectivity index (χ1v) is 5.29. The summed E-state index contributed by atoms with van der Waals surface area (Å²) >= 11 is 3.94. The lowest BCUT2D eigenvalue weighted by Crippen LogP contribution is -2.30. The first-order chi connectivity index (χ1) is 7.70. The Kier molecular flexibility index (Phi) is 4.65. The maximum absolute atomic E-state index is 10.8. The third-order valence-corrected chi connectivity index (χ3v) is 2.44. The Morgan fingerprint density at radius 2 is 2.24 bits per heavy atom. The molecule has 7 heteroatoms. The number of oxazole rings is 1. The monoisotopic (exact) mass is 274 g/mol. The Bertz CT molecular complexity index is 484. The highest BCUT2D eigenvalue weighted by Crippen LogP contribution is 2.18. The summed E-state index contributed by atoms with van der Waals surface area (Å²) in [4.78, 5) is 14.9. The SMILES string of the molecule is Cl.O=C(O)C(CS)Nc1nc2ccccc2o1. The average Bonchev–Trinajstić information content (AvgIpc) is 2.67. The van der Waals surface area contributed by atoms with Crippen LogP contribution in [0.15, 0.2) is 28.7 Å². The molecular formula is C10H11ClN2O3S. The summed E-state index contributed by atoms with van der Waals surface area (Å²) in [5.74, 6) is -0.828. The zero-order chi connectivity index (χ0) is 11.5. The smallest absolute Gasteiger partial charge is 0.327 e. The molecule has 1 aromatic heterocycles. The quantitative estimate of drug-likeness (QED) is 0.744. The number of aromatic nitrogens is 1. The molecule has 2 N–H and O–H groups in total. The second kappa shape index (κ2) is 5.79. The van der Waals surface area contributed by atoms with Gasteiger partial charge in [0, 0.05) is 5.75 Å². The Morgan fingerprint density at radius 3 is 2.82 bits per heavy atom. The molecule has 2 rings (SSSR count). The minimum atomic E-state index is -0.989. The van der Waals surface area contributed by atoms with Gasteiger partial charge in [0.2, 0.25) is 0 Å². The van der Waals surface area contributed by atoms with E-state index in [-0.39, 0.29) is 24.2 Å². The van der Waals surface area contributed by atoms with Crippen molar-refractivity contribution >= 4 is 48.1 Å². The van der Waals surface area contributed by atoms with Crippen LogP contribution in [0.2, 0.25) is 0 Å². The van der Waals surface area contributed by atoms with Gasteiger partial charge in [-0.15, -0.1) is 12.4 Å². The largest absolute Gasteiger partial charge is 0.480 e. The van der Waals surface area contributed by atoms with Crippen molar-refractivity contribution in [1.29, 1.82) is 0 Å². The average molecular weight is 275 g/mol. The van der Waals surface area contributed by atoms with Gasteiger partial charge >= 0.3 is 5.97 Å². The highest BCUT2D eigenvalue weighted by atomic mass is 35.5. The van der Waals surface area contributed by atoms with E-state index in [4.69, 9.17) is 9.52 Å². The normalized spacial score (nSPS) is 11.8. The van der Waals surface area contributed by atoms with E-state index >= 15 is 0 Å². The molecule has 0 aliphatic heterocycles. The third-order valence-electron chi connectivity index (χ3n) is 2.07. The number of para-hydroxylation sites is 2. The second-order valence-corrected chi connectivity index (χ2v) is 3.57. The summed E-state index contributed by atoms with van der Waals surface area (Å²) in [7, 11) is 0. The Hall–Kier alpha value is -1.40. The van der Waals surface area contributed by atoms with Gasteiger partial charge < -0.3 is 14.8 Å². The lowest BCUT2D eigenvalue weighted by molar-refractivity contribution is -0.137. The molecule has 1 atom stereocenters. The Labute approximate surface area is 109 Å². The number of nitrogens with one attached hydrogen (secondary N) is 1. The molecule has 1 aromatic carbocycles. The minimum absolute atomic E-state index is 0. The molecular weight excluding hydrogens is 264 g/mol. The van der Waals surface area contributed by atoms with Gasteiger partial charge in [-0.1, -0.05) is 12.1 Å². The van der Waals surface area contributed by atoms with E-state index < -0.39 is 12.0 Å². The van der Waals surface area contributed by atoms with Crippen LogP contribution in [0.5, 0.6) is 0 Å². The van der Waals surface area contributed by atoms with Crippen molar-refractivity contribution in [3.63, 3.8) is 0 Å². The summed E-state index contributed by atoms with van der Waals surface area (Å²) in [5, 5.41) is 11.5. The van der Waals surface area contributed by atoms with Crippen molar-refractivity contribution in [2.45, 2.75) is 6.04 Å². The third kappa shape index (κ3) is 3.04. The van der Waals surface area contributed by atoms with Gasteiger partial charge in [0.1, 0.15) is 11.6 Å². The number of aliphatic carboxylic acids is 1. The zero-order valence-electron chi connectivity index (χ0n) is 8.66. The minimum Gasteiger partial charge on any atom is -0.480 e. The molecule has 0 amide bonds. The molecule has 17 heavy (non-hydrogen) atoms. The van der Waals surface area contributed by atoms with Gasteiger partial charge in [-0.3, -0.25) is 0 Å². The summed E-state index contributed by atoms with van der Waals surface area (Å²) in [6.07, 6.45) is 0. The van der Waals surface area contributed by atoms with Crippen molar-refractivity contribution in [1.82, 2.24) is 4.98 Å². The van der Waals surface area contributed by atoms with Crippen molar-refractivity contribution in [2.75, 3.05) is 11.1 Å². The van der Waals surface area contributed by atoms with Crippen molar-refractivity contribution in [3.8, 4) is 0 Å². The number of hydrogen-bond acceptors (Lipinski definition) is 5. The lowest BCUT2D eigenvalue weighted by atomic mass is 10.3. The standard InChI is InChI=1S/C10H10N2O3S.ClH/c13-9(14)7(5-16)12-10-11-6-3-1-2-4-8(6)15-10;/h1-4,7,16H,5H2,(H,11,12)(H,13,14);1H. The van der Waals surface area contributed by atoms with Crippen molar-refractivity contribution in [2.24, 2.45) is 0 Å². The summed E-state index contributed by atoms with van der Waals surface area (Å²) in [6.45, 7) is 0. The number of carboxylic acid groups (broad SMARTS) is 1. The highest BCUT2D eigenvalue weighted by Gasteiger charge is 2.17. The van der Waals surface area contributed by atoms with Crippen LogP contribution in [0.3, 0.4) is 0 Å². The number of fused-ring (bicyclic) bond motifs is 1. The molecule has 0 bridgehead atoms. The van der Waals surface area contributed by atoms with Gasteiger partial charge in [0.15, 0.2) is 5.58 Å². The van der Waals surface area contributed by atoms with Crippen molar-refractivity contribution in [3.05, 3.63) is 24.3 Å². The predicted molar refractivity (Wildman–Crippen MR) is 70.2 cm³/mol. The molecule has 0 aliphatic rings. The maximum atomic E-state index is 10.8. The Balaban J connectivity index is 0.00000144. The van der Waals surface area contributed by atoms with Gasteiger partial charge in [0.25, 0.3) is 6.01 Å². The molecule has 0 radical (unpaired) electrons. The Morgan fingerprint density at radius 1 is 1.53 bits per heavy atom. The molecule has 1 heterocycles. The summed E-state index contributed by atoms with van der Waals surface area (Å²) in [6, 6.07) is 6.61. The first-order valence-electron chi connectivity index (χ1n) is 4.66. The number of rotatable bonds is 4. The lowest BCUT2D eigenvalue weighted by Gasteiger charge is -2.08. The number of anilines is 1.